The largest absolute Gasteiger partial charge is 0.307 e. The summed E-state index contributed by atoms with van der Waals surface area (Å²) in [5, 5.41) is 5.43. The lowest BCUT2D eigenvalue weighted by atomic mass is 9.85. The Hall–Kier alpha value is -7.44. The zero-order valence-corrected chi connectivity index (χ0v) is 37.7. The molecule has 326 valence electrons. The van der Waals surface area contributed by atoms with Gasteiger partial charge in [0, 0.05) is 45.4 Å². The van der Waals surface area contributed by atoms with Crippen LogP contribution in [0.4, 0.5) is 51.7 Å². The molecule has 0 saturated carbocycles. The summed E-state index contributed by atoms with van der Waals surface area (Å²) in [7, 11) is 0. The molecule has 0 radical (unpaired) electrons. The van der Waals surface area contributed by atoms with Crippen molar-refractivity contribution in [1.29, 1.82) is 0 Å². The van der Waals surface area contributed by atoms with Crippen LogP contribution in [0, 0.1) is 23.3 Å². The molecule has 0 unspecified atom stereocenters. The molecular formula is C60H48F4N2. The van der Waals surface area contributed by atoms with Gasteiger partial charge in [0.1, 0.15) is 11.6 Å². The molecular weight excluding hydrogens is 825 g/mol. The van der Waals surface area contributed by atoms with Gasteiger partial charge in [-0.15, -0.1) is 0 Å². The van der Waals surface area contributed by atoms with Gasteiger partial charge < -0.3 is 9.80 Å². The number of benzene rings is 10. The second-order valence-electron chi connectivity index (χ2n) is 19.2. The number of hydrogen-bond acceptors (Lipinski definition) is 2. The average molecular weight is 873 g/mol. The first-order valence-corrected chi connectivity index (χ1v) is 22.3. The zero-order chi connectivity index (χ0) is 46.1. The molecule has 0 amide bonds. The molecule has 0 aromatic heterocycles. The summed E-state index contributed by atoms with van der Waals surface area (Å²) >= 11 is 0. The van der Waals surface area contributed by atoms with Crippen LogP contribution in [-0.2, 0) is 10.8 Å². The molecule has 66 heavy (non-hydrogen) atoms. The minimum Gasteiger partial charge on any atom is -0.307 e. The number of anilines is 6. The lowest BCUT2D eigenvalue weighted by molar-refractivity contribution is 0.584. The molecule has 0 aliphatic heterocycles. The first-order valence-electron chi connectivity index (χ1n) is 22.3. The SMILES string of the molecule is CC(C)(C)c1cccc(-c2cc(F)cc(F)c2N(c2ccccc2)c2ccc3ccc4c(N(c5ccccc5)c5c(F)cc(F)cc5-c5cccc(C(C)(C)C)c5)ccc5ccc2c3c54)c1. The molecule has 0 bridgehead atoms. The van der Waals surface area contributed by atoms with Gasteiger partial charge in [-0.3, -0.25) is 0 Å². The molecule has 0 aliphatic rings. The maximum atomic E-state index is 17.0. The Morgan fingerprint density at radius 1 is 0.364 bits per heavy atom. The van der Waals surface area contributed by atoms with Crippen LogP contribution in [0.3, 0.4) is 0 Å². The van der Waals surface area contributed by atoms with Gasteiger partial charge in [0.15, 0.2) is 11.6 Å². The molecule has 0 heterocycles. The van der Waals surface area contributed by atoms with E-state index in [9.17, 15) is 0 Å². The van der Waals surface area contributed by atoms with E-state index in [0.29, 0.717) is 45.0 Å². The lowest BCUT2D eigenvalue weighted by Crippen LogP contribution is -2.15. The number of hydrogen-bond donors (Lipinski definition) is 0. The number of halogens is 4. The average Bonchev–Trinajstić information content (AvgIpc) is 3.30. The minimum absolute atomic E-state index is 0.205. The van der Waals surface area contributed by atoms with Crippen LogP contribution < -0.4 is 9.80 Å². The van der Waals surface area contributed by atoms with Gasteiger partial charge >= 0.3 is 0 Å². The Bertz CT molecular complexity index is 3210. The van der Waals surface area contributed by atoms with E-state index in [1.54, 1.807) is 0 Å². The summed E-state index contributed by atoms with van der Waals surface area (Å²) in [6, 6.07) is 56.0. The molecule has 0 spiro atoms. The Balaban J connectivity index is 1.25. The van der Waals surface area contributed by atoms with E-state index in [0.717, 1.165) is 55.6 Å². The van der Waals surface area contributed by atoms with Crippen LogP contribution in [0.15, 0.2) is 182 Å². The van der Waals surface area contributed by atoms with Gasteiger partial charge in [-0.25, -0.2) is 17.6 Å². The molecule has 10 aromatic carbocycles. The highest BCUT2D eigenvalue weighted by molar-refractivity contribution is 6.28. The molecule has 0 saturated heterocycles. The van der Waals surface area contributed by atoms with Crippen LogP contribution in [0.2, 0.25) is 0 Å². The third-order valence-corrected chi connectivity index (χ3v) is 12.7. The normalized spacial score (nSPS) is 12.1. The van der Waals surface area contributed by atoms with Crippen LogP contribution in [0.25, 0.3) is 54.6 Å². The van der Waals surface area contributed by atoms with Crippen molar-refractivity contribution in [2.75, 3.05) is 9.80 Å². The highest BCUT2D eigenvalue weighted by Gasteiger charge is 2.29. The van der Waals surface area contributed by atoms with Gasteiger partial charge in [0.25, 0.3) is 0 Å². The molecule has 0 N–H and O–H groups in total. The van der Waals surface area contributed by atoms with E-state index in [4.69, 9.17) is 0 Å². The predicted molar refractivity (Wildman–Crippen MR) is 268 cm³/mol. The number of nitrogens with zero attached hydrogens (tertiary/aromatic N) is 2. The first kappa shape index (κ1) is 42.5. The quantitative estimate of drug-likeness (QED) is 0.111. The summed E-state index contributed by atoms with van der Waals surface area (Å²) in [4.78, 5) is 3.78. The number of rotatable bonds is 8. The zero-order valence-electron chi connectivity index (χ0n) is 37.7. The van der Waals surface area contributed by atoms with Crippen molar-refractivity contribution in [1.82, 2.24) is 0 Å². The molecule has 6 heteroatoms. The summed E-state index contributed by atoms with van der Waals surface area (Å²) in [6.07, 6.45) is 0. The Kier molecular flexibility index (Phi) is 10.4. The van der Waals surface area contributed by atoms with Gasteiger partial charge in [0.2, 0.25) is 0 Å². The van der Waals surface area contributed by atoms with Crippen molar-refractivity contribution >= 4 is 66.4 Å². The van der Waals surface area contributed by atoms with E-state index >= 15 is 17.6 Å². The van der Waals surface area contributed by atoms with Gasteiger partial charge in [-0.2, -0.15) is 0 Å². The summed E-state index contributed by atoms with van der Waals surface area (Å²) < 4.78 is 64.9. The van der Waals surface area contributed by atoms with Crippen LogP contribution in [0.1, 0.15) is 52.7 Å². The lowest BCUT2D eigenvalue weighted by Gasteiger charge is -2.31. The molecule has 10 aromatic rings. The van der Waals surface area contributed by atoms with Gasteiger partial charge in [-0.1, -0.05) is 163 Å². The monoisotopic (exact) mass is 872 g/mol. The maximum absolute atomic E-state index is 17.0. The summed E-state index contributed by atoms with van der Waals surface area (Å²) in [6.45, 7) is 12.7. The van der Waals surface area contributed by atoms with Crippen molar-refractivity contribution in [3.8, 4) is 22.3 Å². The first-order chi connectivity index (χ1) is 31.7. The second kappa shape index (κ2) is 16.2. The fourth-order valence-electron chi connectivity index (χ4n) is 9.42. The smallest absolute Gasteiger partial charge is 0.150 e. The van der Waals surface area contributed by atoms with E-state index in [1.807, 2.05) is 143 Å². The minimum atomic E-state index is -0.702. The molecule has 0 atom stereocenters. The number of para-hydroxylation sites is 2. The van der Waals surface area contributed by atoms with Crippen LogP contribution >= 0.6 is 0 Å². The highest BCUT2D eigenvalue weighted by atomic mass is 19.1. The fraction of sp³-hybridized carbons (Fsp3) is 0.133. The molecule has 10 rings (SSSR count). The van der Waals surface area contributed by atoms with Gasteiger partial charge in [-0.05, 0) is 103 Å². The van der Waals surface area contributed by atoms with E-state index < -0.39 is 23.3 Å². The summed E-state index contributed by atoms with van der Waals surface area (Å²) in [5.41, 5.74) is 7.08. The highest BCUT2D eigenvalue weighted by Crippen LogP contribution is 2.51. The Morgan fingerprint density at radius 3 is 1.12 bits per heavy atom. The Morgan fingerprint density at radius 2 is 0.742 bits per heavy atom. The van der Waals surface area contributed by atoms with Crippen molar-refractivity contribution in [3.05, 3.63) is 216 Å². The van der Waals surface area contributed by atoms with E-state index in [2.05, 4.69) is 65.8 Å². The third-order valence-electron chi connectivity index (χ3n) is 12.7. The predicted octanol–water partition coefficient (Wildman–Crippen LogP) is 18.0. The van der Waals surface area contributed by atoms with Crippen molar-refractivity contribution in [2.24, 2.45) is 0 Å². The van der Waals surface area contributed by atoms with Crippen molar-refractivity contribution in [3.63, 3.8) is 0 Å². The van der Waals surface area contributed by atoms with E-state index in [1.165, 1.54) is 12.1 Å². The molecule has 0 fully saturated rings. The van der Waals surface area contributed by atoms with Crippen LogP contribution in [0.5, 0.6) is 0 Å². The third kappa shape index (κ3) is 7.50. The molecule has 2 nitrogen and oxygen atoms in total. The van der Waals surface area contributed by atoms with E-state index in [-0.39, 0.29) is 22.2 Å². The van der Waals surface area contributed by atoms with Crippen molar-refractivity contribution < 1.29 is 17.6 Å². The standard InChI is InChI=1S/C60H48F4N2/c1-59(2,3)41-17-13-15-39(31-41)49-33-43(61)35-51(63)57(49)65(45-19-9-7-10-20-45)53-29-25-37-24-28-48-54(30-26-38-23-27-47(53)55(37)56(38)48)66(46-21-11-8-12-22-46)58-50(34-44(62)36-52(58)64)40-16-14-18-42(32-40)60(4,5)6/h7-36H,1-6H3. The Labute approximate surface area is 383 Å². The molecule has 0 aliphatic carbocycles. The summed E-state index contributed by atoms with van der Waals surface area (Å²) in [5.74, 6) is -2.75. The van der Waals surface area contributed by atoms with Crippen LogP contribution in [-0.4, -0.2) is 0 Å². The maximum Gasteiger partial charge on any atom is 0.150 e. The van der Waals surface area contributed by atoms with Crippen molar-refractivity contribution in [2.45, 2.75) is 52.4 Å². The van der Waals surface area contributed by atoms with Gasteiger partial charge in [0.05, 0.1) is 22.7 Å². The fourth-order valence-corrected chi connectivity index (χ4v) is 9.42. The second-order valence-corrected chi connectivity index (χ2v) is 19.2. The topological polar surface area (TPSA) is 6.48 Å².